The molecule has 0 unspecified atom stereocenters. The van der Waals surface area contributed by atoms with E-state index in [-0.39, 0.29) is 0 Å². The molecule has 0 spiro atoms. The van der Waals surface area contributed by atoms with Gasteiger partial charge in [0.2, 0.25) is 0 Å². The summed E-state index contributed by atoms with van der Waals surface area (Å²) in [4.78, 5) is 10.7. The molecule has 2 N–H and O–H groups in total. The Hall–Kier alpha value is -2.14. The lowest BCUT2D eigenvalue weighted by Crippen LogP contribution is -2.13. The molecular formula is C13H15N3O2. The molecule has 0 atom stereocenters. The molecule has 0 saturated heterocycles. The van der Waals surface area contributed by atoms with Crippen LogP contribution in [0.3, 0.4) is 0 Å². The van der Waals surface area contributed by atoms with E-state index in [1.165, 1.54) is 0 Å². The summed E-state index contributed by atoms with van der Waals surface area (Å²) < 4.78 is 1.76. The van der Waals surface area contributed by atoms with Crippen LogP contribution in [0, 0.1) is 0 Å². The van der Waals surface area contributed by atoms with Gasteiger partial charge in [0.25, 0.3) is 0 Å². The maximum absolute atomic E-state index is 10.7. The highest BCUT2D eigenvalue weighted by Gasteiger charge is 2.01. The summed E-state index contributed by atoms with van der Waals surface area (Å²) in [6.45, 7) is 1.39. The van der Waals surface area contributed by atoms with Crippen LogP contribution in [-0.2, 0) is 20.1 Å². The van der Waals surface area contributed by atoms with Gasteiger partial charge < -0.3 is 10.4 Å². The molecule has 0 bridgehead atoms. The lowest BCUT2D eigenvalue weighted by atomic mass is 10.1. The third kappa shape index (κ3) is 3.18. The number of benzene rings is 1. The van der Waals surface area contributed by atoms with Crippen molar-refractivity contribution in [1.29, 1.82) is 0 Å². The van der Waals surface area contributed by atoms with Crippen LogP contribution in [0.2, 0.25) is 0 Å². The average molecular weight is 245 g/mol. The maximum Gasteiger partial charge on any atom is 0.335 e. The second kappa shape index (κ2) is 5.46. The predicted molar refractivity (Wildman–Crippen MR) is 67.2 cm³/mol. The molecule has 0 amide bonds. The first kappa shape index (κ1) is 12.3. The summed E-state index contributed by atoms with van der Waals surface area (Å²) in [6, 6.07) is 8.81. The highest BCUT2D eigenvalue weighted by molar-refractivity contribution is 5.87. The van der Waals surface area contributed by atoms with Gasteiger partial charge in [0.1, 0.15) is 0 Å². The number of carbonyl (C=O) groups is 1. The van der Waals surface area contributed by atoms with E-state index in [4.69, 9.17) is 5.11 Å². The van der Waals surface area contributed by atoms with Gasteiger partial charge in [0.05, 0.1) is 11.3 Å². The molecular weight excluding hydrogens is 230 g/mol. The molecule has 0 aliphatic rings. The van der Waals surface area contributed by atoms with Crippen LogP contribution in [-0.4, -0.2) is 20.9 Å². The number of hydrogen-bond acceptors (Lipinski definition) is 3. The fraction of sp³-hybridized carbons (Fsp3) is 0.231. The molecule has 0 saturated carbocycles. The van der Waals surface area contributed by atoms with Crippen LogP contribution in [0.15, 0.2) is 36.5 Å². The Labute approximate surface area is 105 Å². The normalized spacial score (nSPS) is 10.5. The second-order valence-electron chi connectivity index (χ2n) is 4.09. The van der Waals surface area contributed by atoms with Crippen molar-refractivity contribution in [2.24, 2.45) is 7.05 Å². The number of aromatic carboxylic acids is 1. The van der Waals surface area contributed by atoms with Crippen molar-refractivity contribution < 1.29 is 9.90 Å². The molecule has 5 heteroatoms. The van der Waals surface area contributed by atoms with Gasteiger partial charge in [-0.15, -0.1) is 0 Å². The Morgan fingerprint density at radius 2 is 2.00 bits per heavy atom. The summed E-state index contributed by atoms with van der Waals surface area (Å²) in [7, 11) is 1.88. The quantitative estimate of drug-likeness (QED) is 0.835. The lowest BCUT2D eigenvalue weighted by molar-refractivity contribution is 0.0697. The molecule has 1 aromatic carbocycles. The van der Waals surface area contributed by atoms with Crippen LogP contribution in [0.25, 0.3) is 0 Å². The number of aromatic nitrogens is 2. The van der Waals surface area contributed by atoms with Crippen molar-refractivity contribution in [2.45, 2.75) is 13.1 Å². The van der Waals surface area contributed by atoms with E-state index >= 15 is 0 Å². The SMILES string of the molecule is Cn1ccc(CNCc2ccc(C(=O)O)cc2)n1. The van der Waals surface area contributed by atoms with Gasteiger partial charge in [-0.25, -0.2) is 4.79 Å². The van der Waals surface area contributed by atoms with Crippen molar-refractivity contribution >= 4 is 5.97 Å². The zero-order valence-electron chi connectivity index (χ0n) is 10.1. The van der Waals surface area contributed by atoms with E-state index in [1.54, 1.807) is 16.8 Å². The van der Waals surface area contributed by atoms with Gasteiger partial charge in [-0.05, 0) is 23.8 Å². The standard InChI is InChI=1S/C13H15N3O2/c1-16-7-6-12(15-16)9-14-8-10-2-4-11(5-3-10)13(17)18/h2-7,14H,8-9H2,1H3,(H,17,18). The third-order valence-corrected chi connectivity index (χ3v) is 2.60. The molecule has 0 fully saturated rings. The molecule has 2 rings (SSSR count). The van der Waals surface area contributed by atoms with Gasteiger partial charge in [0.15, 0.2) is 0 Å². The summed E-state index contributed by atoms with van der Waals surface area (Å²) in [5.41, 5.74) is 2.35. The van der Waals surface area contributed by atoms with Crippen LogP contribution in [0.1, 0.15) is 21.6 Å². The van der Waals surface area contributed by atoms with Gasteiger partial charge in [-0.1, -0.05) is 12.1 Å². The number of nitrogens with one attached hydrogen (secondary N) is 1. The fourth-order valence-corrected chi connectivity index (χ4v) is 1.66. The van der Waals surface area contributed by atoms with Crippen molar-refractivity contribution in [3.63, 3.8) is 0 Å². The molecule has 1 aromatic heterocycles. The highest BCUT2D eigenvalue weighted by Crippen LogP contribution is 2.04. The maximum atomic E-state index is 10.7. The molecule has 94 valence electrons. The topological polar surface area (TPSA) is 67.2 Å². The van der Waals surface area contributed by atoms with E-state index in [2.05, 4.69) is 10.4 Å². The molecule has 2 aromatic rings. The van der Waals surface area contributed by atoms with Gasteiger partial charge in [0, 0.05) is 26.3 Å². The first-order valence-corrected chi connectivity index (χ1v) is 5.66. The van der Waals surface area contributed by atoms with Gasteiger partial charge >= 0.3 is 5.97 Å². The number of carboxylic acids is 1. The highest BCUT2D eigenvalue weighted by atomic mass is 16.4. The molecule has 0 aliphatic carbocycles. The zero-order chi connectivity index (χ0) is 13.0. The number of carboxylic acid groups (broad SMARTS) is 1. The molecule has 5 nitrogen and oxygen atoms in total. The Morgan fingerprint density at radius 1 is 1.28 bits per heavy atom. The summed E-state index contributed by atoms with van der Waals surface area (Å²) in [6.07, 6.45) is 1.90. The molecule has 18 heavy (non-hydrogen) atoms. The smallest absolute Gasteiger partial charge is 0.335 e. The van der Waals surface area contributed by atoms with Gasteiger partial charge in [-0.2, -0.15) is 5.10 Å². The average Bonchev–Trinajstić information content (AvgIpc) is 2.76. The molecule has 1 heterocycles. The molecule has 0 radical (unpaired) electrons. The van der Waals surface area contributed by atoms with Gasteiger partial charge in [-0.3, -0.25) is 4.68 Å². The third-order valence-electron chi connectivity index (χ3n) is 2.60. The van der Waals surface area contributed by atoms with E-state index in [9.17, 15) is 4.79 Å². The minimum absolute atomic E-state index is 0.309. The zero-order valence-corrected chi connectivity index (χ0v) is 10.1. The van der Waals surface area contributed by atoms with Crippen molar-refractivity contribution in [3.8, 4) is 0 Å². The van der Waals surface area contributed by atoms with Crippen molar-refractivity contribution in [2.75, 3.05) is 0 Å². The lowest BCUT2D eigenvalue weighted by Gasteiger charge is -2.03. The minimum atomic E-state index is -0.900. The van der Waals surface area contributed by atoms with E-state index < -0.39 is 5.97 Å². The Morgan fingerprint density at radius 3 is 2.56 bits per heavy atom. The Bertz CT molecular complexity index is 531. The van der Waals surface area contributed by atoms with Crippen LogP contribution in [0.5, 0.6) is 0 Å². The summed E-state index contributed by atoms with van der Waals surface area (Å²) in [5, 5.41) is 16.3. The van der Waals surface area contributed by atoms with Crippen molar-refractivity contribution in [1.82, 2.24) is 15.1 Å². The van der Waals surface area contributed by atoms with Crippen LogP contribution in [0.4, 0.5) is 0 Å². The number of aryl methyl sites for hydroxylation is 1. The summed E-state index contributed by atoms with van der Waals surface area (Å²) in [5.74, 6) is -0.900. The number of nitrogens with zero attached hydrogens (tertiary/aromatic N) is 2. The fourth-order valence-electron chi connectivity index (χ4n) is 1.66. The van der Waals surface area contributed by atoms with Crippen LogP contribution >= 0.6 is 0 Å². The minimum Gasteiger partial charge on any atom is -0.478 e. The number of hydrogen-bond donors (Lipinski definition) is 2. The van der Waals surface area contributed by atoms with Crippen molar-refractivity contribution in [3.05, 3.63) is 53.3 Å². The number of rotatable bonds is 5. The first-order chi connectivity index (χ1) is 8.65. The second-order valence-corrected chi connectivity index (χ2v) is 4.09. The first-order valence-electron chi connectivity index (χ1n) is 5.66. The summed E-state index contributed by atoms with van der Waals surface area (Å²) >= 11 is 0. The Balaban J connectivity index is 1.85. The van der Waals surface area contributed by atoms with E-state index in [0.29, 0.717) is 18.7 Å². The largest absolute Gasteiger partial charge is 0.478 e. The monoisotopic (exact) mass is 245 g/mol. The molecule has 0 aliphatic heterocycles. The van der Waals surface area contributed by atoms with E-state index in [1.807, 2.05) is 31.4 Å². The van der Waals surface area contributed by atoms with Crippen LogP contribution < -0.4 is 5.32 Å². The van der Waals surface area contributed by atoms with E-state index in [0.717, 1.165) is 11.3 Å². The Kier molecular flexibility index (Phi) is 3.74. The predicted octanol–water partition coefficient (Wildman–Crippen LogP) is 1.41.